The number of benzene rings is 3. The number of thiazole rings is 1. The molecule has 1 saturated heterocycles. The van der Waals surface area contributed by atoms with Gasteiger partial charge in [-0.3, -0.25) is 9.59 Å². The molecule has 0 bridgehead atoms. The highest BCUT2D eigenvalue weighted by Crippen LogP contribution is 2.32. The number of hydrogen-bond donors (Lipinski definition) is 1. The minimum atomic E-state index is -0.226. The van der Waals surface area contributed by atoms with Crippen LogP contribution in [0.15, 0.2) is 84.2 Å². The summed E-state index contributed by atoms with van der Waals surface area (Å²) < 4.78 is 0. The van der Waals surface area contributed by atoms with Gasteiger partial charge in [0.15, 0.2) is 0 Å². The maximum atomic E-state index is 13.1. The summed E-state index contributed by atoms with van der Waals surface area (Å²) in [6.45, 7) is 3.45. The molecule has 7 heteroatoms. The smallest absolute Gasteiger partial charge is 0.275 e. The van der Waals surface area contributed by atoms with E-state index in [1.807, 2.05) is 83.9 Å². The monoisotopic (exact) mass is 543 g/mol. The number of halogens is 1. The van der Waals surface area contributed by atoms with Gasteiger partial charge < -0.3 is 10.2 Å². The molecule has 0 saturated carbocycles. The van der Waals surface area contributed by atoms with Crippen molar-refractivity contribution in [2.24, 2.45) is 5.92 Å². The van der Waals surface area contributed by atoms with Crippen molar-refractivity contribution in [2.45, 2.75) is 32.1 Å². The van der Waals surface area contributed by atoms with E-state index in [-0.39, 0.29) is 23.7 Å². The van der Waals surface area contributed by atoms with Crippen LogP contribution in [0.4, 0.5) is 5.69 Å². The lowest BCUT2D eigenvalue weighted by Crippen LogP contribution is -2.41. The average molecular weight is 544 g/mol. The number of anilines is 1. The summed E-state index contributed by atoms with van der Waals surface area (Å²) in [6.07, 6.45) is 2.47. The predicted octanol–water partition coefficient (Wildman–Crippen LogP) is 7.30. The Morgan fingerprint density at radius 1 is 1.00 bits per heavy atom. The second kappa shape index (κ2) is 11.9. The zero-order valence-corrected chi connectivity index (χ0v) is 22.8. The fraction of sp³-hybridized carbons (Fsp3) is 0.258. The molecular formula is C31H30ClN3O2S. The number of carbonyl (C=O) groups is 2. The molecule has 38 heavy (non-hydrogen) atoms. The van der Waals surface area contributed by atoms with E-state index < -0.39 is 0 Å². The van der Waals surface area contributed by atoms with Crippen LogP contribution < -0.4 is 5.32 Å². The molecule has 1 atom stereocenters. The molecule has 194 valence electrons. The number of carbonyl (C=O) groups excluding carboxylic acids is 2. The highest BCUT2D eigenvalue weighted by Gasteiger charge is 2.28. The van der Waals surface area contributed by atoms with E-state index in [1.165, 1.54) is 16.9 Å². The third-order valence-electron chi connectivity index (χ3n) is 7.05. The molecule has 1 aliphatic heterocycles. The predicted molar refractivity (Wildman–Crippen MR) is 155 cm³/mol. The number of hydrogen-bond acceptors (Lipinski definition) is 4. The summed E-state index contributed by atoms with van der Waals surface area (Å²) in [5.41, 5.74) is 4.24. The molecule has 5 nitrogen and oxygen atoms in total. The van der Waals surface area contributed by atoms with E-state index in [2.05, 4.69) is 17.4 Å². The minimum absolute atomic E-state index is 0.0418. The molecule has 1 unspecified atom stereocenters. The largest absolute Gasteiger partial charge is 0.342 e. The van der Waals surface area contributed by atoms with Gasteiger partial charge in [-0.1, -0.05) is 79.2 Å². The molecule has 5 rings (SSSR count). The fourth-order valence-electron chi connectivity index (χ4n) is 4.95. The summed E-state index contributed by atoms with van der Waals surface area (Å²) in [7, 11) is 0. The topological polar surface area (TPSA) is 62.3 Å². The molecule has 1 fully saturated rings. The minimum Gasteiger partial charge on any atom is -0.342 e. The number of para-hydroxylation sites is 1. The lowest BCUT2D eigenvalue weighted by Gasteiger charge is -2.33. The van der Waals surface area contributed by atoms with Crippen molar-refractivity contribution in [1.82, 2.24) is 9.88 Å². The van der Waals surface area contributed by atoms with Crippen LogP contribution in [-0.4, -0.2) is 34.8 Å². The van der Waals surface area contributed by atoms with Gasteiger partial charge in [-0.15, -0.1) is 11.3 Å². The Morgan fingerprint density at radius 3 is 2.42 bits per heavy atom. The first-order valence-electron chi connectivity index (χ1n) is 12.9. The van der Waals surface area contributed by atoms with Crippen LogP contribution in [-0.2, 0) is 11.2 Å². The third kappa shape index (κ3) is 6.14. The SMILES string of the molecule is CC(Cc1ccccc1)C(=O)N1CCC(c2nc(C(=O)Nc3ccccc3-c3ccc(Cl)cc3)cs2)CC1. The summed E-state index contributed by atoms with van der Waals surface area (Å²) in [4.78, 5) is 32.8. The molecule has 0 aliphatic carbocycles. The number of nitrogens with zero attached hydrogens (tertiary/aromatic N) is 2. The van der Waals surface area contributed by atoms with E-state index in [9.17, 15) is 9.59 Å². The van der Waals surface area contributed by atoms with Gasteiger partial charge in [0.1, 0.15) is 5.69 Å². The molecule has 0 radical (unpaired) electrons. The summed E-state index contributed by atoms with van der Waals surface area (Å²) >= 11 is 7.57. The van der Waals surface area contributed by atoms with Crippen LogP contribution in [0.25, 0.3) is 11.1 Å². The Hall–Kier alpha value is -3.48. The number of rotatable bonds is 7. The summed E-state index contributed by atoms with van der Waals surface area (Å²) in [6, 6.07) is 25.4. The van der Waals surface area contributed by atoms with Crippen LogP contribution in [0.5, 0.6) is 0 Å². The Balaban J connectivity index is 1.18. The number of aromatic nitrogens is 1. The molecular weight excluding hydrogens is 514 g/mol. The van der Waals surface area contributed by atoms with Crippen molar-refractivity contribution < 1.29 is 9.59 Å². The summed E-state index contributed by atoms with van der Waals surface area (Å²) in [5, 5.41) is 6.49. The van der Waals surface area contributed by atoms with Crippen LogP contribution >= 0.6 is 22.9 Å². The van der Waals surface area contributed by atoms with E-state index in [0.29, 0.717) is 10.7 Å². The van der Waals surface area contributed by atoms with Crippen molar-refractivity contribution in [1.29, 1.82) is 0 Å². The molecule has 2 heterocycles. The van der Waals surface area contributed by atoms with Crippen molar-refractivity contribution in [3.63, 3.8) is 0 Å². The van der Waals surface area contributed by atoms with Gasteiger partial charge in [0.2, 0.25) is 5.91 Å². The molecule has 1 aliphatic rings. The first-order chi connectivity index (χ1) is 18.5. The molecule has 4 aromatic rings. The Morgan fingerprint density at radius 2 is 1.68 bits per heavy atom. The Kier molecular flexibility index (Phi) is 8.20. The van der Waals surface area contributed by atoms with Gasteiger partial charge in [0, 0.05) is 46.6 Å². The van der Waals surface area contributed by atoms with Crippen LogP contribution in [0.1, 0.15) is 46.7 Å². The lowest BCUT2D eigenvalue weighted by atomic mass is 9.94. The first kappa shape index (κ1) is 26.1. The molecule has 0 spiro atoms. The lowest BCUT2D eigenvalue weighted by molar-refractivity contribution is -0.136. The molecule has 2 amide bonds. The van der Waals surface area contributed by atoms with E-state index in [1.54, 1.807) is 0 Å². The number of amides is 2. The van der Waals surface area contributed by atoms with Crippen molar-refractivity contribution in [2.75, 3.05) is 18.4 Å². The standard InChI is InChI=1S/C31H30ClN3O2S/c1-21(19-22-7-3-2-4-8-22)31(37)35-17-15-24(16-18-35)30-34-28(20-38-30)29(36)33-27-10-6-5-9-26(27)23-11-13-25(32)14-12-23/h2-14,20-21,24H,15-19H2,1H3,(H,33,36). The van der Waals surface area contributed by atoms with Crippen LogP contribution in [0.2, 0.25) is 5.02 Å². The second-order valence-electron chi connectivity index (χ2n) is 9.77. The van der Waals surface area contributed by atoms with Gasteiger partial charge in [0.05, 0.1) is 5.01 Å². The molecule has 3 aromatic carbocycles. The van der Waals surface area contributed by atoms with Gasteiger partial charge in [-0.05, 0) is 48.6 Å². The second-order valence-corrected chi connectivity index (χ2v) is 11.1. The molecule has 1 aromatic heterocycles. The van der Waals surface area contributed by atoms with Crippen molar-refractivity contribution in [3.8, 4) is 11.1 Å². The number of likely N-dealkylation sites (tertiary alicyclic amines) is 1. The highest BCUT2D eigenvalue weighted by molar-refractivity contribution is 7.10. The first-order valence-corrected chi connectivity index (χ1v) is 14.2. The van der Waals surface area contributed by atoms with Crippen LogP contribution in [0, 0.1) is 5.92 Å². The normalized spacial score (nSPS) is 14.7. The van der Waals surface area contributed by atoms with Crippen LogP contribution in [0.3, 0.4) is 0 Å². The maximum absolute atomic E-state index is 13.1. The van der Waals surface area contributed by atoms with Gasteiger partial charge in [-0.25, -0.2) is 4.98 Å². The third-order valence-corrected chi connectivity index (χ3v) is 8.31. The van der Waals surface area contributed by atoms with E-state index in [0.717, 1.165) is 54.2 Å². The Labute approximate surface area is 232 Å². The fourth-order valence-corrected chi connectivity index (χ4v) is 6.05. The number of piperidine rings is 1. The Bertz CT molecular complexity index is 1400. The van der Waals surface area contributed by atoms with Crippen molar-refractivity contribution in [3.05, 3.63) is 106 Å². The van der Waals surface area contributed by atoms with Crippen molar-refractivity contribution >= 4 is 40.4 Å². The molecule has 1 N–H and O–H groups in total. The van der Waals surface area contributed by atoms with E-state index >= 15 is 0 Å². The van der Waals surface area contributed by atoms with E-state index in [4.69, 9.17) is 16.6 Å². The van der Waals surface area contributed by atoms with Gasteiger partial charge >= 0.3 is 0 Å². The summed E-state index contributed by atoms with van der Waals surface area (Å²) in [5.74, 6) is 0.207. The number of nitrogens with one attached hydrogen (secondary N) is 1. The maximum Gasteiger partial charge on any atom is 0.275 e. The van der Waals surface area contributed by atoms with Gasteiger partial charge in [0.25, 0.3) is 5.91 Å². The zero-order valence-electron chi connectivity index (χ0n) is 21.3. The quantitative estimate of drug-likeness (QED) is 0.266. The van der Waals surface area contributed by atoms with Gasteiger partial charge in [-0.2, -0.15) is 0 Å². The highest BCUT2D eigenvalue weighted by atomic mass is 35.5. The average Bonchev–Trinajstić information content (AvgIpc) is 3.45. The zero-order chi connectivity index (χ0) is 26.5.